The zero-order chi connectivity index (χ0) is 18.9. The van der Waals surface area contributed by atoms with Crippen LogP contribution in [0.15, 0.2) is 54.7 Å². The molecule has 1 heterocycles. The number of alkyl halides is 3. The minimum absolute atomic E-state index is 0.123. The van der Waals surface area contributed by atoms with Gasteiger partial charge in [0, 0.05) is 6.20 Å². The number of benzene rings is 2. The van der Waals surface area contributed by atoms with Gasteiger partial charge in [-0.25, -0.2) is 9.07 Å². The second kappa shape index (κ2) is 6.80. The number of anilines is 1. The van der Waals surface area contributed by atoms with Crippen LogP contribution in [-0.2, 0) is 6.18 Å². The fraction of sp³-hybridized carbons (Fsp3) is 0.0588. The highest BCUT2D eigenvalue weighted by Gasteiger charge is 2.34. The highest BCUT2D eigenvalue weighted by molar-refractivity contribution is 6.32. The largest absolute Gasteiger partial charge is 0.418 e. The highest BCUT2D eigenvalue weighted by atomic mass is 35.5. The third-order valence-corrected chi connectivity index (χ3v) is 3.78. The molecule has 0 aliphatic rings. The number of rotatable bonds is 3. The number of para-hydroxylation sites is 1. The minimum atomic E-state index is -4.82. The summed E-state index contributed by atoms with van der Waals surface area (Å²) in [6, 6.07) is 10.1. The second-order valence-electron chi connectivity index (χ2n) is 5.24. The standard InChI is InChI=1S/C17H10ClF4N3O/c18-12-3-1-2-4-15(12)25-8-7-14(24-25)16(26)23-13-6-5-10(19)9-11(13)17(20,21)22/h1-9H,(H,23,26). The average molecular weight is 384 g/mol. The first kappa shape index (κ1) is 17.9. The van der Waals surface area contributed by atoms with Gasteiger partial charge in [0.15, 0.2) is 5.69 Å². The van der Waals surface area contributed by atoms with Gasteiger partial charge in [-0.05, 0) is 36.4 Å². The van der Waals surface area contributed by atoms with Crippen molar-refractivity contribution in [2.24, 2.45) is 0 Å². The predicted molar refractivity (Wildman–Crippen MR) is 87.9 cm³/mol. The first-order valence-corrected chi connectivity index (χ1v) is 7.62. The number of halogens is 5. The van der Waals surface area contributed by atoms with Gasteiger partial charge < -0.3 is 5.32 Å². The summed E-state index contributed by atoms with van der Waals surface area (Å²) in [6.45, 7) is 0. The first-order chi connectivity index (χ1) is 12.3. The maximum atomic E-state index is 13.1. The number of hydrogen-bond donors (Lipinski definition) is 1. The first-order valence-electron chi connectivity index (χ1n) is 7.24. The van der Waals surface area contributed by atoms with E-state index in [1.165, 1.54) is 16.9 Å². The molecule has 0 aliphatic carbocycles. The van der Waals surface area contributed by atoms with Crippen LogP contribution in [0.5, 0.6) is 0 Å². The number of amides is 1. The van der Waals surface area contributed by atoms with E-state index >= 15 is 0 Å². The molecule has 9 heteroatoms. The summed E-state index contributed by atoms with van der Waals surface area (Å²) in [4.78, 5) is 12.2. The van der Waals surface area contributed by atoms with Gasteiger partial charge in [-0.3, -0.25) is 4.79 Å². The van der Waals surface area contributed by atoms with E-state index in [9.17, 15) is 22.4 Å². The van der Waals surface area contributed by atoms with Gasteiger partial charge in [0.05, 0.1) is 22.0 Å². The van der Waals surface area contributed by atoms with Crippen molar-refractivity contribution < 1.29 is 22.4 Å². The van der Waals surface area contributed by atoms with Crippen LogP contribution in [0.3, 0.4) is 0 Å². The summed E-state index contributed by atoms with van der Waals surface area (Å²) in [6.07, 6.45) is -3.37. The molecule has 0 aliphatic heterocycles. The van der Waals surface area contributed by atoms with Crippen LogP contribution in [0.4, 0.5) is 23.2 Å². The monoisotopic (exact) mass is 383 g/mol. The maximum Gasteiger partial charge on any atom is 0.418 e. The molecule has 2 aromatic carbocycles. The fourth-order valence-corrected chi connectivity index (χ4v) is 2.49. The van der Waals surface area contributed by atoms with Crippen LogP contribution in [0, 0.1) is 5.82 Å². The van der Waals surface area contributed by atoms with Gasteiger partial charge in [0.1, 0.15) is 5.82 Å². The van der Waals surface area contributed by atoms with Crippen LogP contribution in [0.2, 0.25) is 5.02 Å². The zero-order valence-electron chi connectivity index (χ0n) is 12.9. The van der Waals surface area contributed by atoms with Crippen molar-refractivity contribution in [2.75, 3.05) is 5.32 Å². The lowest BCUT2D eigenvalue weighted by atomic mass is 10.1. The molecule has 0 saturated heterocycles. The Hall–Kier alpha value is -2.87. The number of carbonyl (C=O) groups excluding carboxylic acids is 1. The van der Waals surface area contributed by atoms with E-state index in [-0.39, 0.29) is 5.69 Å². The Kier molecular flexibility index (Phi) is 4.69. The average Bonchev–Trinajstić information content (AvgIpc) is 3.06. The molecule has 134 valence electrons. The summed E-state index contributed by atoms with van der Waals surface area (Å²) < 4.78 is 53.4. The smallest absolute Gasteiger partial charge is 0.320 e. The third-order valence-electron chi connectivity index (χ3n) is 3.46. The molecule has 0 fully saturated rings. The molecule has 1 amide bonds. The van der Waals surface area contributed by atoms with Crippen molar-refractivity contribution in [3.63, 3.8) is 0 Å². The maximum absolute atomic E-state index is 13.1. The van der Waals surface area contributed by atoms with Crippen molar-refractivity contribution in [1.29, 1.82) is 0 Å². The number of nitrogens with one attached hydrogen (secondary N) is 1. The Morgan fingerprint density at radius 1 is 1.12 bits per heavy atom. The Morgan fingerprint density at radius 2 is 1.85 bits per heavy atom. The van der Waals surface area contributed by atoms with E-state index in [2.05, 4.69) is 10.4 Å². The Labute approximate surface area is 150 Å². The lowest BCUT2D eigenvalue weighted by Gasteiger charge is -2.13. The quantitative estimate of drug-likeness (QED) is 0.651. The molecular formula is C17H10ClF4N3O. The third kappa shape index (κ3) is 3.70. The van der Waals surface area contributed by atoms with Gasteiger partial charge in [0.2, 0.25) is 0 Å². The zero-order valence-corrected chi connectivity index (χ0v) is 13.6. The van der Waals surface area contributed by atoms with Crippen molar-refractivity contribution >= 4 is 23.2 Å². The summed E-state index contributed by atoms with van der Waals surface area (Å²) in [5.41, 5.74) is -1.46. The molecule has 0 atom stereocenters. The topological polar surface area (TPSA) is 46.9 Å². The molecule has 0 bridgehead atoms. The normalized spacial score (nSPS) is 11.4. The van der Waals surface area contributed by atoms with E-state index in [1.54, 1.807) is 24.3 Å². The molecule has 0 unspecified atom stereocenters. The number of aromatic nitrogens is 2. The molecule has 0 saturated carbocycles. The van der Waals surface area contributed by atoms with E-state index in [4.69, 9.17) is 11.6 Å². The summed E-state index contributed by atoms with van der Waals surface area (Å²) >= 11 is 6.04. The van der Waals surface area contributed by atoms with Gasteiger partial charge >= 0.3 is 6.18 Å². The predicted octanol–water partition coefficient (Wildman–Crippen LogP) is 4.94. The SMILES string of the molecule is O=C(Nc1ccc(F)cc1C(F)(F)F)c1ccn(-c2ccccc2Cl)n1. The van der Waals surface area contributed by atoms with E-state index in [0.717, 1.165) is 12.1 Å². The Bertz CT molecular complexity index is 969. The summed E-state index contributed by atoms with van der Waals surface area (Å²) in [7, 11) is 0. The van der Waals surface area contributed by atoms with Crippen LogP contribution in [0.25, 0.3) is 5.69 Å². The molecule has 4 nitrogen and oxygen atoms in total. The van der Waals surface area contributed by atoms with Crippen molar-refractivity contribution in [1.82, 2.24) is 9.78 Å². The summed E-state index contributed by atoms with van der Waals surface area (Å²) in [5.74, 6) is -1.92. The van der Waals surface area contributed by atoms with E-state index in [0.29, 0.717) is 16.8 Å². The minimum Gasteiger partial charge on any atom is -0.320 e. The van der Waals surface area contributed by atoms with Crippen molar-refractivity contribution in [2.45, 2.75) is 6.18 Å². The van der Waals surface area contributed by atoms with Crippen LogP contribution in [0.1, 0.15) is 16.1 Å². The molecule has 3 aromatic rings. The fourth-order valence-electron chi connectivity index (χ4n) is 2.26. The van der Waals surface area contributed by atoms with E-state index < -0.39 is 29.2 Å². The van der Waals surface area contributed by atoms with Gasteiger partial charge in [-0.1, -0.05) is 23.7 Å². The van der Waals surface area contributed by atoms with Crippen LogP contribution >= 0.6 is 11.6 Å². The van der Waals surface area contributed by atoms with Crippen molar-refractivity contribution in [3.05, 3.63) is 76.8 Å². The molecule has 3 rings (SSSR count). The van der Waals surface area contributed by atoms with Crippen molar-refractivity contribution in [3.8, 4) is 5.69 Å². The second-order valence-corrected chi connectivity index (χ2v) is 5.65. The molecule has 26 heavy (non-hydrogen) atoms. The molecule has 1 aromatic heterocycles. The molecule has 1 N–H and O–H groups in total. The van der Waals surface area contributed by atoms with Crippen LogP contribution < -0.4 is 5.32 Å². The van der Waals surface area contributed by atoms with Gasteiger partial charge in [0.25, 0.3) is 5.91 Å². The molecular weight excluding hydrogens is 374 g/mol. The Morgan fingerprint density at radius 3 is 2.54 bits per heavy atom. The molecule has 0 radical (unpaired) electrons. The highest BCUT2D eigenvalue weighted by Crippen LogP contribution is 2.35. The number of hydrogen-bond acceptors (Lipinski definition) is 2. The van der Waals surface area contributed by atoms with Gasteiger partial charge in [-0.2, -0.15) is 18.3 Å². The Balaban J connectivity index is 1.88. The number of nitrogens with zero attached hydrogens (tertiary/aromatic N) is 2. The lowest BCUT2D eigenvalue weighted by Crippen LogP contribution is -2.17. The molecule has 0 spiro atoms. The lowest BCUT2D eigenvalue weighted by molar-refractivity contribution is -0.137. The summed E-state index contributed by atoms with van der Waals surface area (Å²) in [5, 5.41) is 6.51. The van der Waals surface area contributed by atoms with E-state index in [1.807, 2.05) is 0 Å². The van der Waals surface area contributed by atoms with Gasteiger partial charge in [-0.15, -0.1) is 0 Å². The van der Waals surface area contributed by atoms with Crippen LogP contribution in [-0.4, -0.2) is 15.7 Å². The number of carbonyl (C=O) groups is 1.